The fourth-order valence-electron chi connectivity index (χ4n) is 2.70. The Bertz CT molecular complexity index is 876. The van der Waals surface area contributed by atoms with Gasteiger partial charge in [-0.1, -0.05) is 24.3 Å². The maximum atomic E-state index is 13.6. The van der Waals surface area contributed by atoms with Crippen LogP contribution in [0.15, 0.2) is 53.4 Å². The second kappa shape index (κ2) is 7.33. The van der Waals surface area contributed by atoms with Gasteiger partial charge in [0.25, 0.3) is 0 Å². The third kappa shape index (κ3) is 3.88. The molecule has 5 nitrogen and oxygen atoms in total. The van der Waals surface area contributed by atoms with Crippen molar-refractivity contribution in [2.45, 2.75) is 24.3 Å². The topological polar surface area (TPSA) is 63.7 Å². The fourth-order valence-corrected chi connectivity index (χ4v) is 4.27. The fraction of sp³-hybridized carbons (Fsp3) is 0.278. The zero-order chi connectivity index (χ0) is 17.9. The Kier molecular flexibility index (Phi) is 5.15. The molecule has 0 aliphatic carbocycles. The zero-order valence-corrected chi connectivity index (χ0v) is 14.3. The summed E-state index contributed by atoms with van der Waals surface area (Å²) in [6, 6.07) is 11.8. The number of carbonyl (C=O) groups is 1. The first-order chi connectivity index (χ1) is 12.0. The van der Waals surface area contributed by atoms with Crippen molar-refractivity contribution < 1.29 is 22.3 Å². The Balaban J connectivity index is 1.74. The van der Waals surface area contributed by atoms with Gasteiger partial charge in [0, 0.05) is 18.7 Å². The number of sulfonamides is 1. The summed E-state index contributed by atoms with van der Waals surface area (Å²) in [7, 11) is -3.60. The minimum atomic E-state index is -3.60. The second-order valence-corrected chi connectivity index (χ2v) is 7.74. The number of carbonyl (C=O) groups excluding carboxylic acids is 1. The maximum Gasteiger partial charge on any atom is 0.338 e. The number of nitrogens with zero attached hydrogens (tertiary/aromatic N) is 1. The molecular formula is C18H18FNO4S. The molecule has 1 saturated heterocycles. The molecule has 3 rings (SSSR count). The zero-order valence-electron chi connectivity index (χ0n) is 13.5. The average Bonchev–Trinajstić information content (AvgIpc) is 3.16. The SMILES string of the molecule is O=C(OCc1ccccc1F)c1cccc(S(=O)(=O)N2CCCC2)c1. The molecule has 0 spiro atoms. The van der Waals surface area contributed by atoms with Gasteiger partial charge < -0.3 is 4.74 Å². The molecule has 1 heterocycles. The lowest BCUT2D eigenvalue weighted by molar-refractivity contribution is 0.0468. The van der Waals surface area contributed by atoms with E-state index in [0.717, 1.165) is 12.8 Å². The van der Waals surface area contributed by atoms with Crippen LogP contribution in [0.4, 0.5) is 4.39 Å². The molecule has 2 aromatic rings. The van der Waals surface area contributed by atoms with Crippen LogP contribution in [0.3, 0.4) is 0 Å². The van der Waals surface area contributed by atoms with Crippen molar-refractivity contribution >= 4 is 16.0 Å². The highest BCUT2D eigenvalue weighted by molar-refractivity contribution is 7.89. The van der Waals surface area contributed by atoms with Gasteiger partial charge in [-0.05, 0) is 37.1 Å². The second-order valence-electron chi connectivity index (χ2n) is 5.81. The van der Waals surface area contributed by atoms with Crippen LogP contribution in [0, 0.1) is 5.82 Å². The highest BCUT2D eigenvalue weighted by Crippen LogP contribution is 2.22. The van der Waals surface area contributed by atoms with Crippen LogP contribution in [0.2, 0.25) is 0 Å². The van der Waals surface area contributed by atoms with E-state index in [4.69, 9.17) is 4.74 Å². The minimum absolute atomic E-state index is 0.0646. The lowest BCUT2D eigenvalue weighted by atomic mass is 10.2. The van der Waals surface area contributed by atoms with E-state index in [-0.39, 0.29) is 22.6 Å². The summed E-state index contributed by atoms with van der Waals surface area (Å²) in [5.74, 6) is -1.15. The molecule has 2 aromatic carbocycles. The summed E-state index contributed by atoms with van der Waals surface area (Å²) in [4.78, 5) is 12.2. The standard InChI is InChI=1S/C18H18FNO4S/c19-17-9-2-1-6-15(17)13-24-18(21)14-7-5-8-16(12-14)25(22,23)20-10-3-4-11-20/h1-2,5-9,12H,3-4,10-11,13H2. The van der Waals surface area contributed by atoms with Crippen molar-refractivity contribution in [1.29, 1.82) is 0 Å². The summed E-state index contributed by atoms with van der Waals surface area (Å²) in [5, 5.41) is 0. The van der Waals surface area contributed by atoms with Crippen LogP contribution in [-0.2, 0) is 21.4 Å². The van der Waals surface area contributed by atoms with E-state index in [1.807, 2.05) is 0 Å². The van der Waals surface area contributed by atoms with Gasteiger partial charge in [-0.25, -0.2) is 17.6 Å². The summed E-state index contributed by atoms with van der Waals surface area (Å²) in [5.41, 5.74) is 0.383. The normalized spacial score (nSPS) is 15.2. The smallest absolute Gasteiger partial charge is 0.338 e. The van der Waals surface area contributed by atoms with Gasteiger partial charge in [0.15, 0.2) is 0 Å². The molecular weight excluding hydrogens is 345 g/mol. The van der Waals surface area contributed by atoms with Crippen molar-refractivity contribution in [2.24, 2.45) is 0 Å². The molecule has 1 aliphatic rings. The van der Waals surface area contributed by atoms with Crippen LogP contribution in [0.5, 0.6) is 0 Å². The first kappa shape index (κ1) is 17.6. The van der Waals surface area contributed by atoms with Crippen LogP contribution < -0.4 is 0 Å². The third-order valence-corrected chi connectivity index (χ3v) is 5.98. The molecule has 25 heavy (non-hydrogen) atoms. The molecule has 0 N–H and O–H groups in total. The number of esters is 1. The molecule has 7 heteroatoms. The molecule has 0 bridgehead atoms. The summed E-state index contributed by atoms with van der Waals surface area (Å²) in [6.45, 7) is 0.767. The van der Waals surface area contributed by atoms with Crippen molar-refractivity contribution in [3.63, 3.8) is 0 Å². The van der Waals surface area contributed by atoms with Crippen molar-refractivity contribution in [3.05, 3.63) is 65.5 Å². The molecule has 0 unspecified atom stereocenters. The number of ether oxygens (including phenoxy) is 1. The van der Waals surface area contributed by atoms with Gasteiger partial charge in [0.2, 0.25) is 10.0 Å². The first-order valence-electron chi connectivity index (χ1n) is 7.99. The van der Waals surface area contributed by atoms with Crippen LogP contribution in [-0.4, -0.2) is 31.8 Å². The molecule has 0 aromatic heterocycles. The largest absolute Gasteiger partial charge is 0.457 e. The summed E-state index contributed by atoms with van der Waals surface area (Å²) >= 11 is 0. The van der Waals surface area contributed by atoms with Crippen LogP contribution in [0.25, 0.3) is 0 Å². The van der Waals surface area contributed by atoms with E-state index in [1.165, 1.54) is 40.7 Å². The number of hydrogen-bond donors (Lipinski definition) is 0. The highest BCUT2D eigenvalue weighted by atomic mass is 32.2. The van der Waals surface area contributed by atoms with Crippen molar-refractivity contribution in [1.82, 2.24) is 4.31 Å². The minimum Gasteiger partial charge on any atom is -0.457 e. The van der Waals surface area contributed by atoms with E-state index in [1.54, 1.807) is 12.1 Å². The Hall–Kier alpha value is -2.25. The van der Waals surface area contributed by atoms with Crippen LogP contribution in [0.1, 0.15) is 28.8 Å². The van der Waals surface area contributed by atoms with E-state index in [9.17, 15) is 17.6 Å². The Morgan fingerprint density at radius 3 is 2.52 bits per heavy atom. The monoisotopic (exact) mass is 363 g/mol. The van der Waals surface area contributed by atoms with Gasteiger partial charge in [-0.2, -0.15) is 4.31 Å². The molecule has 132 valence electrons. The Morgan fingerprint density at radius 1 is 1.08 bits per heavy atom. The van der Waals surface area contributed by atoms with Crippen molar-refractivity contribution in [3.8, 4) is 0 Å². The van der Waals surface area contributed by atoms with Gasteiger partial charge in [0.05, 0.1) is 10.5 Å². The molecule has 0 saturated carbocycles. The maximum absolute atomic E-state index is 13.6. The van der Waals surface area contributed by atoms with Crippen LogP contribution >= 0.6 is 0 Å². The summed E-state index contributed by atoms with van der Waals surface area (Å²) in [6.07, 6.45) is 1.67. The highest BCUT2D eigenvalue weighted by Gasteiger charge is 2.27. The van der Waals surface area contributed by atoms with Gasteiger partial charge >= 0.3 is 5.97 Å². The van der Waals surface area contributed by atoms with Gasteiger partial charge in [-0.3, -0.25) is 0 Å². The molecule has 0 atom stereocenters. The number of halogens is 1. The molecule has 0 radical (unpaired) electrons. The predicted molar refractivity (Wildman–Crippen MR) is 90.0 cm³/mol. The number of benzene rings is 2. The third-order valence-electron chi connectivity index (χ3n) is 4.09. The van der Waals surface area contributed by atoms with E-state index < -0.39 is 21.8 Å². The van der Waals surface area contributed by atoms with E-state index >= 15 is 0 Å². The number of hydrogen-bond acceptors (Lipinski definition) is 4. The quantitative estimate of drug-likeness (QED) is 0.766. The lowest BCUT2D eigenvalue weighted by Crippen LogP contribution is -2.28. The molecule has 0 amide bonds. The summed E-state index contributed by atoms with van der Waals surface area (Å²) < 4.78 is 45.2. The lowest BCUT2D eigenvalue weighted by Gasteiger charge is -2.15. The Morgan fingerprint density at radius 2 is 1.80 bits per heavy atom. The van der Waals surface area contributed by atoms with Gasteiger partial charge in [-0.15, -0.1) is 0 Å². The predicted octanol–water partition coefficient (Wildman–Crippen LogP) is 2.97. The van der Waals surface area contributed by atoms with Gasteiger partial charge in [0.1, 0.15) is 12.4 Å². The molecule has 1 fully saturated rings. The Labute approximate surface area is 146 Å². The average molecular weight is 363 g/mol. The van der Waals surface area contributed by atoms with Crippen molar-refractivity contribution in [2.75, 3.05) is 13.1 Å². The van der Waals surface area contributed by atoms with E-state index in [2.05, 4.69) is 0 Å². The first-order valence-corrected chi connectivity index (χ1v) is 9.43. The molecule has 1 aliphatic heterocycles. The van der Waals surface area contributed by atoms with E-state index in [0.29, 0.717) is 13.1 Å². The number of rotatable bonds is 5.